The van der Waals surface area contributed by atoms with Crippen molar-refractivity contribution in [2.75, 3.05) is 25.0 Å². The first-order valence-corrected chi connectivity index (χ1v) is 10.1. The zero-order valence-electron chi connectivity index (χ0n) is 17.3. The van der Waals surface area contributed by atoms with Crippen molar-refractivity contribution in [2.45, 2.75) is 25.9 Å². The molecule has 0 atom stereocenters. The maximum absolute atomic E-state index is 12.7. The Bertz CT molecular complexity index is 1340. The first kappa shape index (κ1) is 19.2. The van der Waals surface area contributed by atoms with Crippen LogP contribution >= 0.6 is 0 Å². The van der Waals surface area contributed by atoms with Gasteiger partial charge in [-0.1, -0.05) is 12.1 Å². The molecule has 31 heavy (non-hydrogen) atoms. The smallest absolute Gasteiger partial charge is 0.261 e. The van der Waals surface area contributed by atoms with Crippen molar-refractivity contribution in [3.8, 4) is 0 Å². The summed E-state index contributed by atoms with van der Waals surface area (Å²) in [4.78, 5) is 33.5. The van der Waals surface area contributed by atoms with E-state index in [9.17, 15) is 9.59 Å². The van der Waals surface area contributed by atoms with Crippen LogP contribution in [0.3, 0.4) is 0 Å². The van der Waals surface area contributed by atoms with E-state index in [0.717, 1.165) is 11.6 Å². The molecule has 1 amide bonds. The van der Waals surface area contributed by atoms with Gasteiger partial charge in [0.05, 0.1) is 23.3 Å². The number of fused-ring (bicyclic) bond motifs is 2. The molecule has 4 heterocycles. The van der Waals surface area contributed by atoms with Crippen molar-refractivity contribution in [3.63, 3.8) is 0 Å². The molecule has 0 spiro atoms. The molecule has 1 aliphatic heterocycles. The van der Waals surface area contributed by atoms with E-state index in [1.165, 1.54) is 10.9 Å². The minimum atomic E-state index is -0.123. The predicted octanol–water partition coefficient (Wildman–Crippen LogP) is 0.880. The Balaban J connectivity index is 1.20. The van der Waals surface area contributed by atoms with Crippen molar-refractivity contribution < 1.29 is 4.79 Å². The molecule has 1 aromatic carbocycles. The Morgan fingerprint density at radius 3 is 2.81 bits per heavy atom. The molecule has 1 saturated heterocycles. The number of carbonyl (C=O) groups is 1. The van der Waals surface area contributed by atoms with Gasteiger partial charge in [0, 0.05) is 33.1 Å². The van der Waals surface area contributed by atoms with Crippen molar-refractivity contribution >= 4 is 28.3 Å². The lowest BCUT2D eigenvalue weighted by molar-refractivity contribution is -0.132. The zero-order chi connectivity index (χ0) is 21.5. The average molecular weight is 418 g/mol. The van der Waals surface area contributed by atoms with Crippen LogP contribution in [0.15, 0.2) is 47.5 Å². The van der Waals surface area contributed by atoms with Gasteiger partial charge in [-0.25, -0.2) is 4.98 Å². The topological polar surface area (TPSA) is 102 Å². The third kappa shape index (κ3) is 3.39. The van der Waals surface area contributed by atoms with Crippen LogP contribution in [0.25, 0.3) is 16.6 Å². The summed E-state index contributed by atoms with van der Waals surface area (Å²) in [7, 11) is 1.81. The van der Waals surface area contributed by atoms with Crippen LogP contribution in [0.1, 0.15) is 12.2 Å². The van der Waals surface area contributed by atoms with Gasteiger partial charge >= 0.3 is 0 Å². The molecule has 0 N–H and O–H groups in total. The van der Waals surface area contributed by atoms with Gasteiger partial charge in [0.15, 0.2) is 11.5 Å². The lowest BCUT2D eigenvalue weighted by atomic mass is 10.1. The van der Waals surface area contributed by atoms with Gasteiger partial charge in [0.25, 0.3) is 5.56 Å². The zero-order valence-corrected chi connectivity index (χ0v) is 17.3. The van der Waals surface area contributed by atoms with Crippen LogP contribution in [0.5, 0.6) is 0 Å². The van der Waals surface area contributed by atoms with Gasteiger partial charge in [0.1, 0.15) is 5.82 Å². The van der Waals surface area contributed by atoms with Crippen LogP contribution in [-0.4, -0.2) is 66.3 Å². The van der Waals surface area contributed by atoms with Gasteiger partial charge in [-0.2, -0.15) is 4.52 Å². The van der Waals surface area contributed by atoms with E-state index in [4.69, 9.17) is 0 Å². The number of anilines is 1. The molecule has 0 saturated carbocycles. The summed E-state index contributed by atoms with van der Waals surface area (Å²) >= 11 is 0. The number of benzene rings is 1. The number of likely N-dealkylation sites (N-methyl/N-ethyl adjacent to an activating group) is 1. The summed E-state index contributed by atoms with van der Waals surface area (Å²) in [5.41, 5.74) is 1.25. The molecule has 5 rings (SSSR count). The Labute approximate surface area is 177 Å². The highest BCUT2D eigenvalue weighted by Gasteiger charge is 2.33. The monoisotopic (exact) mass is 418 g/mol. The summed E-state index contributed by atoms with van der Waals surface area (Å²) in [5, 5.41) is 13.2. The molecule has 10 heteroatoms. The Hall–Kier alpha value is -3.82. The first-order valence-electron chi connectivity index (χ1n) is 10.1. The second kappa shape index (κ2) is 7.46. The van der Waals surface area contributed by atoms with Crippen LogP contribution in [0.2, 0.25) is 0 Å². The van der Waals surface area contributed by atoms with E-state index < -0.39 is 0 Å². The standard InChI is InChI=1S/C21H22N8O2/c1-14-23-24-18-7-8-19(25-29(14)18)28-11-15(12-28)26(2)20(30)9-10-27-13-22-17-6-4-3-5-16(17)21(27)31/h3-8,13,15H,9-12H2,1-2H3. The minimum absolute atomic E-state index is 0.00257. The Morgan fingerprint density at radius 1 is 1.16 bits per heavy atom. The number of hydrogen-bond acceptors (Lipinski definition) is 7. The minimum Gasteiger partial charge on any atom is -0.351 e. The number of amides is 1. The van der Waals surface area contributed by atoms with Crippen LogP contribution < -0.4 is 10.5 Å². The number of para-hydroxylation sites is 1. The highest BCUT2D eigenvalue weighted by Crippen LogP contribution is 2.22. The van der Waals surface area contributed by atoms with E-state index in [2.05, 4.69) is 25.2 Å². The molecule has 0 unspecified atom stereocenters. The fourth-order valence-electron chi connectivity index (χ4n) is 3.80. The van der Waals surface area contributed by atoms with Crippen molar-refractivity contribution in [2.24, 2.45) is 0 Å². The van der Waals surface area contributed by atoms with E-state index in [0.29, 0.717) is 36.2 Å². The molecule has 158 valence electrons. The van der Waals surface area contributed by atoms with Gasteiger partial charge in [-0.3, -0.25) is 14.2 Å². The molecule has 4 aromatic rings. The SMILES string of the molecule is Cc1nnc2ccc(N3CC(N(C)C(=O)CCn4cnc5ccccc5c4=O)C3)nn12. The highest BCUT2D eigenvalue weighted by molar-refractivity contribution is 5.78. The summed E-state index contributed by atoms with van der Waals surface area (Å²) in [6, 6.07) is 11.1. The number of rotatable bonds is 5. The lowest BCUT2D eigenvalue weighted by Gasteiger charge is -2.44. The molecular weight excluding hydrogens is 396 g/mol. The maximum atomic E-state index is 12.7. The average Bonchev–Trinajstić information content (AvgIpc) is 3.12. The van der Waals surface area contributed by atoms with Gasteiger partial charge in [0.2, 0.25) is 5.91 Å². The van der Waals surface area contributed by atoms with Gasteiger partial charge < -0.3 is 9.80 Å². The second-order valence-electron chi connectivity index (χ2n) is 7.78. The molecular formula is C21H22N8O2. The van der Waals surface area contributed by atoms with Crippen LogP contribution in [-0.2, 0) is 11.3 Å². The number of aromatic nitrogens is 6. The second-order valence-corrected chi connectivity index (χ2v) is 7.78. The normalized spacial score (nSPS) is 14.2. The number of hydrogen-bond donors (Lipinski definition) is 0. The van der Waals surface area contributed by atoms with Gasteiger partial charge in [-0.05, 0) is 31.2 Å². The Kier molecular flexibility index (Phi) is 4.61. The summed E-state index contributed by atoms with van der Waals surface area (Å²) in [5.74, 6) is 1.57. The largest absolute Gasteiger partial charge is 0.351 e. The van der Waals surface area contributed by atoms with Crippen molar-refractivity contribution in [3.05, 3.63) is 58.9 Å². The fraction of sp³-hybridized carbons (Fsp3) is 0.333. The molecule has 0 aliphatic carbocycles. The molecule has 10 nitrogen and oxygen atoms in total. The van der Waals surface area contributed by atoms with Crippen molar-refractivity contribution in [1.29, 1.82) is 0 Å². The van der Waals surface area contributed by atoms with E-state index in [1.807, 2.05) is 38.2 Å². The number of aryl methyl sites for hydroxylation is 2. The highest BCUT2D eigenvalue weighted by atomic mass is 16.2. The number of nitrogens with zero attached hydrogens (tertiary/aromatic N) is 8. The lowest BCUT2D eigenvalue weighted by Crippen LogP contribution is -2.60. The maximum Gasteiger partial charge on any atom is 0.261 e. The molecule has 3 aromatic heterocycles. The predicted molar refractivity (Wildman–Crippen MR) is 115 cm³/mol. The van der Waals surface area contributed by atoms with E-state index in [1.54, 1.807) is 21.5 Å². The van der Waals surface area contributed by atoms with Crippen LogP contribution in [0, 0.1) is 6.92 Å². The fourth-order valence-corrected chi connectivity index (χ4v) is 3.80. The summed E-state index contributed by atoms with van der Waals surface area (Å²) in [6.07, 6.45) is 1.76. The van der Waals surface area contributed by atoms with Crippen LogP contribution in [0.4, 0.5) is 5.82 Å². The summed E-state index contributed by atoms with van der Waals surface area (Å²) < 4.78 is 3.22. The van der Waals surface area contributed by atoms with Gasteiger partial charge in [-0.15, -0.1) is 15.3 Å². The number of carbonyl (C=O) groups excluding carboxylic acids is 1. The molecule has 1 fully saturated rings. The van der Waals surface area contributed by atoms with E-state index in [-0.39, 0.29) is 23.9 Å². The van der Waals surface area contributed by atoms with Crippen molar-refractivity contribution in [1.82, 2.24) is 34.3 Å². The molecule has 0 radical (unpaired) electrons. The third-order valence-electron chi connectivity index (χ3n) is 5.83. The van der Waals surface area contributed by atoms with E-state index >= 15 is 0 Å². The Morgan fingerprint density at radius 2 is 1.97 bits per heavy atom. The summed E-state index contributed by atoms with van der Waals surface area (Å²) in [6.45, 7) is 3.58. The molecule has 1 aliphatic rings. The quantitative estimate of drug-likeness (QED) is 0.474. The molecule has 0 bridgehead atoms. The first-order chi connectivity index (χ1) is 15.0. The third-order valence-corrected chi connectivity index (χ3v) is 5.83.